The third-order valence-electron chi connectivity index (χ3n) is 0.619. The van der Waals surface area contributed by atoms with Crippen LogP contribution >= 0.6 is 11.6 Å². The average Bonchev–Trinajstić information content (AvgIpc) is 1.82. The highest BCUT2D eigenvalue weighted by Gasteiger charge is 1.86. The van der Waals surface area contributed by atoms with Crippen molar-refractivity contribution in [3.8, 4) is 0 Å². The van der Waals surface area contributed by atoms with Crippen LogP contribution in [0.5, 0.6) is 0 Å². The molecule has 0 fully saturated rings. The molecule has 0 atom stereocenters. The standard InChI is InChI=1S/C6H9ClN2/c1-3-4-9-6(7)5(2)8/h3-4H,1,8H2,2H3/b6-5-,9-4-. The van der Waals surface area contributed by atoms with E-state index in [9.17, 15) is 0 Å². The minimum atomic E-state index is 0.315. The third-order valence-corrected chi connectivity index (χ3v) is 1.01. The van der Waals surface area contributed by atoms with Crippen LogP contribution in [-0.2, 0) is 0 Å². The Labute approximate surface area is 59.7 Å². The monoisotopic (exact) mass is 144 g/mol. The molecule has 0 aliphatic carbocycles. The molecule has 0 saturated carbocycles. The van der Waals surface area contributed by atoms with Crippen LogP contribution in [0.1, 0.15) is 6.92 Å². The number of hydrogen-bond acceptors (Lipinski definition) is 2. The second kappa shape index (κ2) is 4.15. The number of nitrogens with two attached hydrogens (primary N) is 1. The van der Waals surface area contributed by atoms with Gasteiger partial charge in [-0.05, 0) is 6.92 Å². The lowest BCUT2D eigenvalue weighted by molar-refractivity contribution is 1.25. The normalized spacial score (nSPS) is 13.6. The first kappa shape index (κ1) is 8.24. The van der Waals surface area contributed by atoms with Crippen LogP contribution in [0.4, 0.5) is 0 Å². The number of hydrogen-bond donors (Lipinski definition) is 1. The van der Waals surface area contributed by atoms with Gasteiger partial charge in [0.1, 0.15) is 5.16 Å². The summed E-state index contributed by atoms with van der Waals surface area (Å²) in [6, 6.07) is 0. The van der Waals surface area contributed by atoms with E-state index in [1.807, 2.05) is 0 Å². The Bertz CT molecular complexity index is 154. The quantitative estimate of drug-likeness (QED) is 0.464. The van der Waals surface area contributed by atoms with Crippen molar-refractivity contribution in [3.63, 3.8) is 0 Å². The fraction of sp³-hybridized carbons (Fsp3) is 0.167. The maximum Gasteiger partial charge on any atom is 0.147 e. The fourth-order valence-electron chi connectivity index (χ4n) is 0.220. The summed E-state index contributed by atoms with van der Waals surface area (Å²) in [4.78, 5) is 3.72. The van der Waals surface area contributed by atoms with Crippen LogP contribution < -0.4 is 5.73 Å². The Morgan fingerprint density at radius 1 is 1.78 bits per heavy atom. The van der Waals surface area contributed by atoms with Crippen molar-refractivity contribution in [3.05, 3.63) is 23.5 Å². The van der Waals surface area contributed by atoms with Crippen LogP contribution in [-0.4, -0.2) is 6.21 Å². The summed E-state index contributed by atoms with van der Waals surface area (Å²) in [6.07, 6.45) is 3.02. The van der Waals surface area contributed by atoms with Gasteiger partial charge in [-0.15, -0.1) is 0 Å². The molecule has 3 heteroatoms. The lowest BCUT2D eigenvalue weighted by atomic mass is 10.6. The van der Waals surface area contributed by atoms with E-state index in [1.165, 1.54) is 12.3 Å². The van der Waals surface area contributed by atoms with Gasteiger partial charge >= 0.3 is 0 Å². The lowest BCUT2D eigenvalue weighted by Crippen LogP contribution is -1.91. The highest BCUT2D eigenvalue weighted by molar-refractivity contribution is 6.30. The van der Waals surface area contributed by atoms with E-state index in [0.717, 1.165) is 0 Å². The van der Waals surface area contributed by atoms with Gasteiger partial charge < -0.3 is 5.73 Å². The molecule has 0 saturated heterocycles. The van der Waals surface area contributed by atoms with Crippen molar-refractivity contribution in [2.45, 2.75) is 6.92 Å². The molecule has 0 aliphatic heterocycles. The molecule has 0 unspecified atom stereocenters. The van der Waals surface area contributed by atoms with Gasteiger partial charge in [-0.3, -0.25) is 0 Å². The predicted molar refractivity (Wildman–Crippen MR) is 41.4 cm³/mol. The number of halogens is 1. The van der Waals surface area contributed by atoms with E-state index in [0.29, 0.717) is 10.9 Å². The third kappa shape index (κ3) is 3.79. The Kier molecular flexibility index (Phi) is 3.80. The summed E-state index contributed by atoms with van der Waals surface area (Å²) >= 11 is 5.50. The zero-order valence-electron chi connectivity index (χ0n) is 5.26. The Balaban J connectivity index is 4.06. The van der Waals surface area contributed by atoms with Gasteiger partial charge in [0.2, 0.25) is 0 Å². The van der Waals surface area contributed by atoms with Crippen molar-refractivity contribution in [2.75, 3.05) is 0 Å². The van der Waals surface area contributed by atoms with Crippen LogP contribution in [0.15, 0.2) is 28.5 Å². The number of allylic oxidation sites excluding steroid dienone is 2. The van der Waals surface area contributed by atoms with Gasteiger partial charge in [-0.25, -0.2) is 4.99 Å². The molecule has 2 N–H and O–H groups in total. The molecule has 0 aromatic carbocycles. The van der Waals surface area contributed by atoms with Crippen molar-refractivity contribution in [2.24, 2.45) is 10.7 Å². The maximum atomic E-state index is 5.50. The molecule has 0 aromatic rings. The highest BCUT2D eigenvalue weighted by Crippen LogP contribution is 2.04. The van der Waals surface area contributed by atoms with E-state index in [-0.39, 0.29) is 0 Å². The van der Waals surface area contributed by atoms with Crippen molar-refractivity contribution < 1.29 is 0 Å². The molecule has 0 aliphatic rings. The largest absolute Gasteiger partial charge is 0.400 e. The van der Waals surface area contributed by atoms with Crippen molar-refractivity contribution >= 4 is 17.8 Å². The van der Waals surface area contributed by atoms with Crippen LogP contribution in [0.2, 0.25) is 0 Å². The summed E-state index contributed by atoms with van der Waals surface area (Å²) in [5.74, 6) is 0. The summed E-state index contributed by atoms with van der Waals surface area (Å²) in [7, 11) is 0. The summed E-state index contributed by atoms with van der Waals surface area (Å²) < 4.78 is 0. The van der Waals surface area contributed by atoms with E-state index < -0.39 is 0 Å². The SMILES string of the molecule is C=C/C=N\C(Cl)=C(\C)N. The fourth-order valence-corrected chi connectivity index (χ4v) is 0.276. The maximum absolute atomic E-state index is 5.50. The summed E-state index contributed by atoms with van der Waals surface area (Å²) in [6.45, 7) is 5.10. The van der Waals surface area contributed by atoms with Gasteiger partial charge in [0, 0.05) is 11.9 Å². The molecule has 0 radical (unpaired) electrons. The van der Waals surface area contributed by atoms with Gasteiger partial charge in [-0.1, -0.05) is 24.3 Å². The molecule has 0 bridgehead atoms. The topological polar surface area (TPSA) is 38.4 Å². The van der Waals surface area contributed by atoms with Crippen LogP contribution in [0, 0.1) is 0 Å². The molecular formula is C6H9ClN2. The van der Waals surface area contributed by atoms with Crippen LogP contribution in [0.25, 0.3) is 0 Å². The molecular weight excluding hydrogens is 136 g/mol. The minimum Gasteiger partial charge on any atom is -0.400 e. The smallest absolute Gasteiger partial charge is 0.147 e. The first-order chi connectivity index (χ1) is 4.18. The first-order valence-electron chi connectivity index (χ1n) is 2.45. The van der Waals surface area contributed by atoms with Gasteiger partial charge in [0.15, 0.2) is 0 Å². The highest BCUT2D eigenvalue weighted by atomic mass is 35.5. The van der Waals surface area contributed by atoms with Crippen molar-refractivity contribution in [1.82, 2.24) is 0 Å². The molecule has 50 valence electrons. The van der Waals surface area contributed by atoms with E-state index in [1.54, 1.807) is 6.92 Å². The number of nitrogens with zero attached hydrogens (tertiary/aromatic N) is 1. The van der Waals surface area contributed by atoms with Crippen LogP contribution in [0.3, 0.4) is 0 Å². The molecule has 0 rings (SSSR count). The molecule has 0 aromatic heterocycles. The first-order valence-corrected chi connectivity index (χ1v) is 2.83. The number of aliphatic imine (C=N–C) groups is 1. The van der Waals surface area contributed by atoms with Gasteiger partial charge in [0.25, 0.3) is 0 Å². The molecule has 0 amide bonds. The van der Waals surface area contributed by atoms with E-state index in [2.05, 4.69) is 11.6 Å². The minimum absolute atomic E-state index is 0.315. The predicted octanol–water partition coefficient (Wildman–Crippen LogP) is 1.63. The zero-order valence-corrected chi connectivity index (χ0v) is 6.02. The Morgan fingerprint density at radius 3 is 2.67 bits per heavy atom. The average molecular weight is 145 g/mol. The van der Waals surface area contributed by atoms with Gasteiger partial charge in [0.05, 0.1) is 0 Å². The second-order valence-electron chi connectivity index (χ2n) is 1.49. The zero-order chi connectivity index (χ0) is 7.28. The molecule has 2 nitrogen and oxygen atoms in total. The van der Waals surface area contributed by atoms with Gasteiger partial charge in [-0.2, -0.15) is 0 Å². The molecule has 0 spiro atoms. The van der Waals surface area contributed by atoms with E-state index >= 15 is 0 Å². The van der Waals surface area contributed by atoms with E-state index in [4.69, 9.17) is 17.3 Å². The van der Waals surface area contributed by atoms with Crippen molar-refractivity contribution in [1.29, 1.82) is 0 Å². The summed E-state index contributed by atoms with van der Waals surface area (Å²) in [5.41, 5.74) is 5.79. The second-order valence-corrected chi connectivity index (χ2v) is 1.85. The molecule has 0 heterocycles. The molecule has 9 heavy (non-hydrogen) atoms. The Hall–Kier alpha value is -0.760. The number of rotatable bonds is 2. The summed E-state index contributed by atoms with van der Waals surface area (Å²) in [5, 5.41) is 0.315. The lowest BCUT2D eigenvalue weighted by Gasteiger charge is -1.89. The Morgan fingerprint density at radius 2 is 2.33 bits per heavy atom.